The van der Waals surface area contributed by atoms with E-state index in [4.69, 9.17) is 0 Å². The summed E-state index contributed by atoms with van der Waals surface area (Å²) >= 11 is 0. The Morgan fingerprint density at radius 1 is 0.655 bits per heavy atom. The van der Waals surface area contributed by atoms with Gasteiger partial charge in [0, 0.05) is 29.5 Å². The van der Waals surface area contributed by atoms with E-state index in [9.17, 15) is 14.8 Å². The number of nitrogens with zero attached hydrogens (tertiary/aromatic N) is 1. The summed E-state index contributed by atoms with van der Waals surface area (Å²) < 4.78 is 32.2. The van der Waals surface area contributed by atoms with Crippen LogP contribution in [0.4, 0.5) is 14.5 Å². The Labute approximate surface area is 335 Å². The predicted octanol–water partition coefficient (Wildman–Crippen LogP) is 12.2. The van der Waals surface area contributed by atoms with Crippen LogP contribution in [-0.4, -0.2) is 17.6 Å². The molecular formula is C52H40F2NO3. The number of allylic oxidation sites excluding steroid dienone is 8. The fourth-order valence-corrected chi connectivity index (χ4v) is 11.4. The zero-order chi connectivity index (χ0) is 40.0. The van der Waals surface area contributed by atoms with E-state index in [2.05, 4.69) is 45.9 Å². The molecule has 6 heteroatoms. The summed E-state index contributed by atoms with van der Waals surface area (Å²) in [5.74, 6) is -2.22. The average molecular weight is 765 g/mol. The molecule has 1 radical (unpaired) electrons. The van der Waals surface area contributed by atoms with Gasteiger partial charge in [-0.05, 0) is 119 Å². The van der Waals surface area contributed by atoms with Crippen molar-refractivity contribution in [2.75, 3.05) is 5.06 Å². The van der Waals surface area contributed by atoms with E-state index in [1.54, 1.807) is 12.1 Å². The lowest BCUT2D eigenvalue weighted by Crippen LogP contribution is -2.35. The zero-order valence-electron chi connectivity index (χ0n) is 32.8. The third-order valence-electron chi connectivity index (χ3n) is 13.7. The number of anilines is 1. The number of benzene rings is 5. The SMILES string of the molecule is CC1(C)CC(=O)C2C(=C1C1=CCC3C(=C1)c1cc(C4=C5C=Cc6c(c(F)cc7ccccc67)C5C(=O)CC4(C)C)ccc1N3[O])C=Cc1c2c(F)cc2ccccc12. The average Bonchev–Trinajstić information content (AvgIpc) is 3.46. The third kappa shape index (κ3) is 4.81. The number of fused-ring (bicyclic) bond motifs is 13. The van der Waals surface area contributed by atoms with Gasteiger partial charge in [-0.25, -0.2) is 13.8 Å². The van der Waals surface area contributed by atoms with E-state index in [1.165, 1.54) is 0 Å². The minimum Gasteiger partial charge on any atom is -0.299 e. The Kier molecular flexibility index (Phi) is 7.30. The number of ketones is 2. The van der Waals surface area contributed by atoms with Gasteiger partial charge in [-0.3, -0.25) is 9.59 Å². The predicted molar refractivity (Wildman–Crippen MR) is 226 cm³/mol. The van der Waals surface area contributed by atoms with E-state index < -0.39 is 28.7 Å². The molecule has 5 aliphatic carbocycles. The Morgan fingerprint density at radius 3 is 1.78 bits per heavy atom. The molecule has 4 nitrogen and oxygen atoms in total. The number of carbonyl (C=O) groups excluding carboxylic acids is 2. The molecule has 0 N–H and O–H groups in total. The van der Waals surface area contributed by atoms with Gasteiger partial charge in [0.05, 0.1) is 23.6 Å². The van der Waals surface area contributed by atoms with Gasteiger partial charge in [0.25, 0.3) is 0 Å². The maximum atomic E-state index is 16.1. The minimum atomic E-state index is -0.734. The fourth-order valence-electron chi connectivity index (χ4n) is 11.4. The summed E-state index contributed by atoms with van der Waals surface area (Å²) in [4.78, 5) is 28.1. The molecule has 6 aliphatic rings. The second kappa shape index (κ2) is 12.0. The Morgan fingerprint density at radius 2 is 1.19 bits per heavy atom. The molecule has 0 amide bonds. The van der Waals surface area contributed by atoms with Crippen LogP contribution in [0, 0.1) is 22.5 Å². The van der Waals surface area contributed by atoms with Crippen molar-refractivity contribution in [2.45, 2.75) is 64.8 Å². The molecule has 1 heterocycles. The van der Waals surface area contributed by atoms with Gasteiger partial charge in [0.2, 0.25) is 0 Å². The van der Waals surface area contributed by atoms with E-state index in [0.717, 1.165) is 82.3 Å². The van der Waals surface area contributed by atoms with Crippen LogP contribution in [0.1, 0.15) is 92.2 Å². The lowest BCUT2D eigenvalue weighted by atomic mass is 9.61. The van der Waals surface area contributed by atoms with Gasteiger partial charge in [0.15, 0.2) is 0 Å². The monoisotopic (exact) mass is 764 g/mol. The van der Waals surface area contributed by atoms with Crippen LogP contribution in [0.15, 0.2) is 125 Å². The van der Waals surface area contributed by atoms with Crippen molar-refractivity contribution in [2.24, 2.45) is 10.8 Å². The van der Waals surface area contributed by atoms with Gasteiger partial charge in [0.1, 0.15) is 23.2 Å². The van der Waals surface area contributed by atoms with Crippen LogP contribution in [0.25, 0.3) is 44.8 Å². The molecule has 0 fully saturated rings. The first-order chi connectivity index (χ1) is 27.8. The zero-order valence-corrected chi connectivity index (χ0v) is 32.8. The quantitative estimate of drug-likeness (QED) is 0.180. The number of carbonyl (C=O) groups is 2. The minimum absolute atomic E-state index is 0.000850. The maximum Gasteiger partial charge on any atom is 0.145 e. The van der Waals surface area contributed by atoms with Gasteiger partial charge >= 0.3 is 0 Å². The summed E-state index contributed by atoms with van der Waals surface area (Å²) in [5, 5.41) is 18.5. The van der Waals surface area contributed by atoms with Gasteiger partial charge < -0.3 is 0 Å². The van der Waals surface area contributed by atoms with E-state index in [1.807, 2.05) is 85.0 Å². The first kappa shape index (κ1) is 35.2. The summed E-state index contributed by atoms with van der Waals surface area (Å²) in [6.45, 7) is 8.29. The normalized spacial score (nSPS) is 23.6. The molecule has 3 unspecified atom stereocenters. The van der Waals surface area contributed by atoms with E-state index >= 15 is 8.78 Å². The van der Waals surface area contributed by atoms with Crippen LogP contribution in [0.5, 0.6) is 0 Å². The molecule has 285 valence electrons. The number of hydroxylamine groups is 1. The highest BCUT2D eigenvalue weighted by molar-refractivity contribution is 6.05. The first-order valence-corrected chi connectivity index (χ1v) is 20.2. The van der Waals surface area contributed by atoms with E-state index in [0.29, 0.717) is 23.2 Å². The molecule has 1 aliphatic heterocycles. The summed E-state index contributed by atoms with van der Waals surface area (Å²) in [6.07, 6.45) is 13.1. The summed E-state index contributed by atoms with van der Waals surface area (Å²) in [7, 11) is 0. The number of hydrogen-bond donors (Lipinski definition) is 0. The standard InChI is InChI=1S/C52H40F2NO3/c1-51(2)25-43(56)47-35(17-15-33-31-11-7-5-9-27(31)23-39(53)45(33)47)49(51)29-13-19-41-37(21-29)38-22-30(14-20-42(38)55(41)58)50-36-18-16-34-32-12-8-6-10-28(32)24-40(54)46(34)48(36)44(57)26-52(50,3)4/h5-19,21-24,42,47-48H,20,25-26H2,1-4H3. The van der Waals surface area contributed by atoms with Crippen molar-refractivity contribution >= 4 is 62.1 Å². The second-order valence-corrected chi connectivity index (χ2v) is 18.1. The second-order valence-electron chi connectivity index (χ2n) is 18.1. The number of hydrogen-bond acceptors (Lipinski definition) is 3. The van der Waals surface area contributed by atoms with E-state index in [-0.39, 0.29) is 36.0 Å². The Bertz CT molecular complexity index is 2970. The third-order valence-corrected chi connectivity index (χ3v) is 13.7. The molecule has 11 rings (SSSR count). The topological polar surface area (TPSA) is 57.3 Å². The van der Waals surface area contributed by atoms with Crippen molar-refractivity contribution in [3.05, 3.63) is 170 Å². The molecule has 0 bridgehead atoms. The first-order valence-electron chi connectivity index (χ1n) is 20.2. The highest BCUT2D eigenvalue weighted by Crippen LogP contribution is 2.57. The van der Waals surface area contributed by atoms with Gasteiger partial charge in [-0.15, -0.1) is 0 Å². The number of halogens is 2. The smallest absolute Gasteiger partial charge is 0.145 e. The van der Waals surface area contributed by atoms with Crippen molar-refractivity contribution in [1.82, 2.24) is 0 Å². The van der Waals surface area contributed by atoms with Crippen LogP contribution < -0.4 is 5.06 Å². The number of rotatable bonds is 2. The molecular weight excluding hydrogens is 725 g/mol. The van der Waals surface area contributed by atoms with Crippen molar-refractivity contribution in [3.8, 4) is 0 Å². The van der Waals surface area contributed by atoms with Gasteiger partial charge in [-0.1, -0.05) is 118 Å². The molecule has 0 saturated heterocycles. The molecule has 0 spiro atoms. The molecule has 58 heavy (non-hydrogen) atoms. The van der Waals surface area contributed by atoms with Crippen LogP contribution in [0.3, 0.4) is 0 Å². The lowest BCUT2D eigenvalue weighted by Gasteiger charge is -2.41. The van der Waals surface area contributed by atoms with Gasteiger partial charge in [-0.2, -0.15) is 0 Å². The largest absolute Gasteiger partial charge is 0.299 e. The highest BCUT2D eigenvalue weighted by Gasteiger charge is 2.47. The molecule has 5 aromatic rings. The summed E-state index contributed by atoms with van der Waals surface area (Å²) in [6, 6.07) is 24.0. The van der Waals surface area contributed by atoms with Crippen molar-refractivity contribution < 1.29 is 23.6 Å². The number of Topliss-reactive ketones (excluding diaryl/α,β-unsaturated/α-hetero) is 2. The van der Waals surface area contributed by atoms with Crippen LogP contribution in [0.2, 0.25) is 0 Å². The molecule has 0 saturated carbocycles. The van der Waals surface area contributed by atoms with Crippen molar-refractivity contribution in [3.63, 3.8) is 0 Å². The highest BCUT2D eigenvalue weighted by atomic mass is 19.1. The fraction of sp³-hybridized carbons (Fsp3) is 0.231. The van der Waals surface area contributed by atoms with Crippen molar-refractivity contribution in [1.29, 1.82) is 0 Å². The molecule has 3 atom stereocenters. The molecule has 5 aromatic carbocycles. The summed E-state index contributed by atoms with van der Waals surface area (Å²) in [5.41, 5.74) is 9.00. The lowest BCUT2D eigenvalue weighted by molar-refractivity contribution is -0.122. The van der Waals surface area contributed by atoms with Crippen LogP contribution >= 0.6 is 0 Å². The maximum absolute atomic E-state index is 16.1. The Balaban J connectivity index is 1.05. The van der Waals surface area contributed by atoms with Crippen LogP contribution in [-0.2, 0) is 14.8 Å². The molecule has 0 aromatic heterocycles. The Hall–Kier alpha value is -5.98.